The Morgan fingerprint density at radius 3 is 1.85 bits per heavy atom. The second-order valence-corrected chi connectivity index (χ2v) is 21.5. The van der Waals surface area contributed by atoms with Crippen LogP contribution in [0.1, 0.15) is 98.1 Å². The number of aliphatic hydroxyl groups is 2. The number of H-pyrrole nitrogens is 1. The van der Waals surface area contributed by atoms with Gasteiger partial charge in [0.25, 0.3) is 0 Å². The van der Waals surface area contributed by atoms with Crippen LogP contribution in [-0.4, -0.2) is 165 Å². The summed E-state index contributed by atoms with van der Waals surface area (Å²) in [5, 5.41) is 50.2. The molecule has 8 amide bonds. The average molecular weight is 1120 g/mol. The number of hydrogen-bond donors (Lipinski definition) is 14. The lowest BCUT2D eigenvalue weighted by Crippen LogP contribution is -2.62. The highest BCUT2D eigenvalue weighted by Crippen LogP contribution is 2.23. The second kappa shape index (κ2) is 31.2. The topological polar surface area (TPSA) is 408 Å². The van der Waals surface area contributed by atoms with Gasteiger partial charge in [-0.05, 0) is 86.8 Å². The van der Waals surface area contributed by atoms with Crippen LogP contribution >= 0.6 is 0 Å². The van der Waals surface area contributed by atoms with Gasteiger partial charge in [-0.1, -0.05) is 90.1 Å². The van der Waals surface area contributed by atoms with Crippen LogP contribution in [0.5, 0.6) is 0 Å². The molecule has 2 heterocycles. The van der Waals surface area contributed by atoms with Gasteiger partial charge in [-0.15, -0.1) is 0 Å². The van der Waals surface area contributed by atoms with E-state index in [1.165, 1.54) is 11.8 Å². The van der Waals surface area contributed by atoms with Crippen LogP contribution in [0.4, 0.5) is 0 Å². The Kier molecular flexibility index (Phi) is 25.3. The molecule has 1 saturated heterocycles. The predicted molar refractivity (Wildman–Crippen MR) is 298 cm³/mol. The van der Waals surface area contributed by atoms with Crippen molar-refractivity contribution < 1.29 is 58.5 Å². The molecule has 25 nitrogen and oxygen atoms in total. The fraction of sp³-hybridized carbons (Fsp3) is 0.564. The maximum atomic E-state index is 14.5. The molecule has 2 aromatic carbocycles. The molecule has 0 saturated carbocycles. The highest BCUT2D eigenvalue weighted by Gasteiger charge is 2.41. The van der Waals surface area contributed by atoms with E-state index in [1.54, 1.807) is 70.3 Å². The Bertz CT molecular complexity index is 2620. The third-order valence-electron chi connectivity index (χ3n) is 13.6. The van der Waals surface area contributed by atoms with Gasteiger partial charge in [0.1, 0.15) is 48.3 Å². The molecule has 80 heavy (non-hydrogen) atoms. The summed E-state index contributed by atoms with van der Waals surface area (Å²) in [6.45, 7) is 11.0. The molecule has 1 aliphatic rings. The predicted octanol–water partition coefficient (Wildman–Crippen LogP) is -1.08. The first-order valence-corrected chi connectivity index (χ1v) is 27.2. The summed E-state index contributed by atoms with van der Waals surface area (Å²) in [6, 6.07) is 4.20. The molecule has 3 aromatic rings. The highest BCUT2D eigenvalue weighted by molar-refractivity contribution is 5.99. The number of amides is 8. The van der Waals surface area contributed by atoms with Crippen LogP contribution in [0.15, 0.2) is 65.8 Å². The van der Waals surface area contributed by atoms with Crippen molar-refractivity contribution in [1.29, 1.82) is 0 Å². The first-order chi connectivity index (χ1) is 37.8. The number of aromatic nitrogens is 1. The number of aliphatic carboxylic acids is 1. The van der Waals surface area contributed by atoms with Crippen LogP contribution < -0.4 is 54.4 Å². The number of para-hydroxylation sites is 1. The van der Waals surface area contributed by atoms with Crippen molar-refractivity contribution in [3.63, 3.8) is 0 Å². The molecule has 10 unspecified atom stereocenters. The molecule has 10 atom stereocenters. The van der Waals surface area contributed by atoms with E-state index in [2.05, 4.69) is 47.2 Å². The van der Waals surface area contributed by atoms with Gasteiger partial charge >= 0.3 is 5.97 Å². The molecular formula is C55H83N13O12. The van der Waals surface area contributed by atoms with Gasteiger partial charge in [0.2, 0.25) is 47.3 Å². The minimum Gasteiger partial charge on any atom is -0.480 e. The summed E-state index contributed by atoms with van der Waals surface area (Å²) in [5.74, 6) is -8.79. The molecule has 4 rings (SSSR count). The van der Waals surface area contributed by atoms with Gasteiger partial charge in [0.05, 0.1) is 18.8 Å². The third kappa shape index (κ3) is 19.6. The zero-order valence-corrected chi connectivity index (χ0v) is 46.7. The maximum Gasteiger partial charge on any atom is 0.326 e. The molecule has 1 aromatic heterocycles. The van der Waals surface area contributed by atoms with Gasteiger partial charge in [0, 0.05) is 36.6 Å². The number of benzene rings is 2. The molecule has 17 N–H and O–H groups in total. The molecule has 1 aliphatic heterocycles. The fourth-order valence-electron chi connectivity index (χ4n) is 9.34. The number of carbonyl (C=O) groups is 9. The molecular weight excluding hydrogens is 1030 g/mol. The number of nitrogens with two attached hydrogens (primary N) is 3. The smallest absolute Gasteiger partial charge is 0.326 e. The number of aromatic amines is 1. The van der Waals surface area contributed by atoms with E-state index in [1.807, 2.05) is 32.0 Å². The summed E-state index contributed by atoms with van der Waals surface area (Å²) in [4.78, 5) is 132. The van der Waals surface area contributed by atoms with Gasteiger partial charge in [-0.25, -0.2) is 4.79 Å². The lowest BCUT2D eigenvalue weighted by molar-refractivity contribution is -0.144. The number of aliphatic imine (C=N–C) groups is 1. The van der Waals surface area contributed by atoms with E-state index in [0.29, 0.717) is 22.9 Å². The van der Waals surface area contributed by atoms with E-state index < -0.39 is 126 Å². The number of rotatable bonds is 31. The van der Waals surface area contributed by atoms with Crippen LogP contribution in [0.3, 0.4) is 0 Å². The minimum absolute atomic E-state index is 0.00867. The zero-order valence-electron chi connectivity index (χ0n) is 46.7. The van der Waals surface area contributed by atoms with Crippen LogP contribution in [0.2, 0.25) is 0 Å². The number of carboxylic acid groups (broad SMARTS) is 1. The number of nitrogens with zero attached hydrogens (tertiary/aromatic N) is 2. The van der Waals surface area contributed by atoms with Crippen molar-refractivity contribution in [2.75, 3.05) is 19.7 Å². The number of nitrogens with one attached hydrogen (secondary N) is 8. The standard InChI is InChI=1S/C55H83N13O12/c1-29(2)23-39(62-46(71)36(56)25-33-15-9-8-10-16-33)48(73)65-42(28-69)50(75)63-40(26-34-27-60-37-18-12-11-17-35(34)37)49(74)67-45(32(7)70)52(77)64-41(24-30(3)4)53(78)68-22-14-20-43(68)51(76)61-38(19-13-21-59-55(57)58)47(72)66-44(31(5)6)54(79)80/h8-12,15-18,27,29-32,36,38-45,60,69-70H,13-14,19-26,28,56H2,1-7H3,(H,61,76)(H,62,71)(H,63,75)(H,64,77)(H,65,73)(H,66,72)(H,67,74)(H,79,80)(H4,57,58,59). The number of aliphatic hydroxyl groups excluding tert-OH is 2. The summed E-state index contributed by atoms with van der Waals surface area (Å²) >= 11 is 0. The second-order valence-electron chi connectivity index (χ2n) is 21.5. The van der Waals surface area contributed by atoms with E-state index >= 15 is 0 Å². The Morgan fingerprint density at radius 2 is 1.24 bits per heavy atom. The van der Waals surface area contributed by atoms with Crippen molar-refractivity contribution in [1.82, 2.24) is 47.1 Å². The summed E-state index contributed by atoms with van der Waals surface area (Å²) in [5.41, 5.74) is 19.2. The lowest BCUT2D eigenvalue weighted by atomic mass is 10.00. The first-order valence-electron chi connectivity index (χ1n) is 27.2. The van der Waals surface area contributed by atoms with Crippen molar-refractivity contribution in [3.05, 3.63) is 71.9 Å². The Labute approximate surface area is 466 Å². The SMILES string of the molecule is CC(C)CC(NC(=O)C(N)Cc1ccccc1)C(=O)NC(CO)C(=O)NC(Cc1c[nH]c2ccccc12)C(=O)NC(C(=O)NC(CC(C)C)C(=O)N1CCCC1C(=O)NC(CCCN=C(N)N)C(=O)NC(C(=O)O)C(C)C)C(C)O. The maximum absolute atomic E-state index is 14.5. The number of hydrogen-bond acceptors (Lipinski definition) is 13. The number of likely N-dealkylation sites (tertiary alicyclic amines) is 1. The van der Waals surface area contributed by atoms with E-state index in [4.69, 9.17) is 17.2 Å². The quantitative estimate of drug-likeness (QED) is 0.0207. The molecule has 1 fully saturated rings. The van der Waals surface area contributed by atoms with Gasteiger partial charge in [-0.3, -0.25) is 43.3 Å². The summed E-state index contributed by atoms with van der Waals surface area (Å²) in [7, 11) is 0. The van der Waals surface area contributed by atoms with Crippen molar-refractivity contribution in [2.24, 2.45) is 39.9 Å². The lowest BCUT2D eigenvalue weighted by Gasteiger charge is -2.32. The Balaban J connectivity index is 1.55. The number of fused-ring (bicyclic) bond motifs is 1. The van der Waals surface area contributed by atoms with Gasteiger partial charge < -0.3 is 79.6 Å². The molecule has 0 bridgehead atoms. The summed E-state index contributed by atoms with van der Waals surface area (Å²) in [6.07, 6.45) is 1.00. The van der Waals surface area contributed by atoms with Crippen molar-refractivity contribution in [3.8, 4) is 0 Å². The van der Waals surface area contributed by atoms with E-state index in [-0.39, 0.29) is 75.8 Å². The number of carbonyl (C=O) groups excluding carboxylic acids is 8. The number of carboxylic acids is 1. The minimum atomic E-state index is -1.73. The molecule has 0 aliphatic carbocycles. The van der Waals surface area contributed by atoms with Crippen LogP contribution in [0.25, 0.3) is 10.9 Å². The van der Waals surface area contributed by atoms with Crippen molar-refractivity contribution >= 4 is 70.1 Å². The number of guanidine groups is 1. The largest absolute Gasteiger partial charge is 0.480 e. The Hall–Kier alpha value is -7.64. The molecule has 0 radical (unpaired) electrons. The normalized spacial score (nSPS) is 16.7. The molecule has 25 heteroatoms. The van der Waals surface area contributed by atoms with E-state index in [9.17, 15) is 58.5 Å². The first kappa shape index (κ1) is 64.9. The zero-order chi connectivity index (χ0) is 59.4. The van der Waals surface area contributed by atoms with Gasteiger partial charge in [0.15, 0.2) is 5.96 Å². The molecule has 0 spiro atoms. The fourth-order valence-corrected chi connectivity index (χ4v) is 9.34. The Morgan fingerprint density at radius 1 is 0.675 bits per heavy atom. The third-order valence-corrected chi connectivity index (χ3v) is 13.6. The van der Waals surface area contributed by atoms with Crippen LogP contribution in [-0.2, 0) is 56.0 Å². The van der Waals surface area contributed by atoms with Gasteiger partial charge in [-0.2, -0.15) is 0 Å². The average Bonchev–Trinajstić information content (AvgIpc) is 4.08. The van der Waals surface area contributed by atoms with Crippen molar-refractivity contribution in [2.45, 2.75) is 160 Å². The monoisotopic (exact) mass is 1120 g/mol. The van der Waals surface area contributed by atoms with E-state index in [0.717, 1.165) is 5.56 Å². The van der Waals surface area contributed by atoms with Crippen LogP contribution in [0, 0.1) is 17.8 Å². The summed E-state index contributed by atoms with van der Waals surface area (Å²) < 4.78 is 0. The molecule has 440 valence electrons. The highest BCUT2D eigenvalue weighted by atomic mass is 16.4.